The van der Waals surface area contributed by atoms with E-state index in [0.717, 1.165) is 0 Å². The summed E-state index contributed by atoms with van der Waals surface area (Å²) in [7, 11) is -2.01. The lowest BCUT2D eigenvalue weighted by atomic mass is 10.0. The summed E-state index contributed by atoms with van der Waals surface area (Å²) in [5, 5.41) is 8.93. The second-order valence-corrected chi connectivity index (χ2v) is 6.64. The van der Waals surface area contributed by atoms with Crippen LogP contribution in [0.25, 0.3) is 0 Å². The van der Waals surface area contributed by atoms with Crippen LogP contribution in [0.5, 0.6) is 0 Å². The van der Waals surface area contributed by atoms with E-state index < -0.39 is 22.1 Å². The van der Waals surface area contributed by atoms with Crippen molar-refractivity contribution < 1.29 is 18.3 Å². The van der Waals surface area contributed by atoms with Crippen LogP contribution in [-0.4, -0.2) is 54.3 Å². The van der Waals surface area contributed by atoms with Crippen molar-refractivity contribution in [1.29, 1.82) is 0 Å². The van der Waals surface area contributed by atoms with Crippen molar-refractivity contribution in [2.75, 3.05) is 20.1 Å². The Morgan fingerprint density at radius 3 is 2.53 bits per heavy atom. The van der Waals surface area contributed by atoms with Crippen molar-refractivity contribution in [2.24, 2.45) is 5.92 Å². The molecule has 7 heteroatoms. The van der Waals surface area contributed by atoms with Crippen LogP contribution in [0.2, 0.25) is 0 Å². The van der Waals surface area contributed by atoms with E-state index in [4.69, 9.17) is 5.11 Å². The molecule has 0 radical (unpaired) electrons. The van der Waals surface area contributed by atoms with Gasteiger partial charge in [-0.05, 0) is 26.7 Å². The maximum absolute atomic E-state index is 12.2. The van der Waals surface area contributed by atoms with Gasteiger partial charge in [-0.1, -0.05) is 0 Å². The van der Waals surface area contributed by atoms with Gasteiger partial charge in [0, 0.05) is 26.2 Å². The molecule has 1 saturated heterocycles. The fraction of sp³-hybridized carbons (Fsp3) is 0.900. The van der Waals surface area contributed by atoms with Gasteiger partial charge in [-0.2, -0.15) is 17.0 Å². The summed E-state index contributed by atoms with van der Waals surface area (Å²) < 4.78 is 26.9. The first kappa shape index (κ1) is 14.4. The molecule has 1 rings (SSSR count). The number of rotatable bonds is 4. The van der Waals surface area contributed by atoms with Crippen LogP contribution in [0.1, 0.15) is 26.7 Å². The zero-order valence-electron chi connectivity index (χ0n) is 10.5. The van der Waals surface area contributed by atoms with Crippen LogP contribution in [0, 0.1) is 5.92 Å². The smallest absolute Gasteiger partial charge is 0.307 e. The number of piperidine rings is 1. The maximum atomic E-state index is 12.2. The Bertz CT molecular complexity index is 380. The van der Waals surface area contributed by atoms with Gasteiger partial charge in [0.15, 0.2) is 0 Å². The number of carbonyl (C=O) groups is 1. The lowest BCUT2D eigenvalue weighted by molar-refractivity contribution is -0.142. The summed E-state index contributed by atoms with van der Waals surface area (Å²) >= 11 is 0. The van der Waals surface area contributed by atoms with E-state index in [1.165, 1.54) is 15.7 Å². The molecule has 0 aromatic carbocycles. The fourth-order valence-corrected chi connectivity index (χ4v) is 3.43. The second-order valence-electron chi connectivity index (χ2n) is 4.65. The van der Waals surface area contributed by atoms with Crippen LogP contribution >= 0.6 is 0 Å². The Morgan fingerprint density at radius 2 is 2.06 bits per heavy atom. The number of hydrogen-bond donors (Lipinski definition) is 1. The molecule has 0 aromatic rings. The van der Waals surface area contributed by atoms with Crippen molar-refractivity contribution in [3.05, 3.63) is 0 Å². The van der Waals surface area contributed by atoms with E-state index in [1.54, 1.807) is 13.8 Å². The molecule has 1 N–H and O–H groups in total. The number of carboxylic acid groups (broad SMARTS) is 1. The average molecular weight is 264 g/mol. The summed E-state index contributed by atoms with van der Waals surface area (Å²) in [6.45, 7) is 4.06. The zero-order valence-corrected chi connectivity index (χ0v) is 11.3. The maximum Gasteiger partial charge on any atom is 0.307 e. The molecular weight excluding hydrogens is 244 g/mol. The topological polar surface area (TPSA) is 77.9 Å². The van der Waals surface area contributed by atoms with Crippen LogP contribution in [0.4, 0.5) is 0 Å². The van der Waals surface area contributed by atoms with Crippen molar-refractivity contribution in [3.63, 3.8) is 0 Å². The molecule has 100 valence electrons. The molecule has 1 aliphatic rings. The molecule has 1 atom stereocenters. The predicted molar refractivity (Wildman–Crippen MR) is 63.8 cm³/mol. The van der Waals surface area contributed by atoms with Gasteiger partial charge < -0.3 is 5.11 Å². The Kier molecular flexibility index (Phi) is 4.51. The minimum atomic E-state index is -3.52. The van der Waals surface area contributed by atoms with Gasteiger partial charge in [-0.25, -0.2) is 0 Å². The van der Waals surface area contributed by atoms with Crippen molar-refractivity contribution >= 4 is 16.2 Å². The summed E-state index contributed by atoms with van der Waals surface area (Å²) in [6, 6.07) is -0.134. The van der Waals surface area contributed by atoms with Gasteiger partial charge >= 0.3 is 5.97 Å². The molecule has 1 aliphatic heterocycles. The first-order chi connectivity index (χ1) is 7.76. The van der Waals surface area contributed by atoms with Crippen LogP contribution < -0.4 is 0 Å². The molecular formula is C10H20N2O4S. The van der Waals surface area contributed by atoms with E-state index in [1.807, 2.05) is 0 Å². The summed E-state index contributed by atoms with van der Waals surface area (Å²) in [4.78, 5) is 10.9. The molecule has 0 amide bonds. The van der Waals surface area contributed by atoms with E-state index in [-0.39, 0.29) is 12.6 Å². The second kappa shape index (κ2) is 5.32. The third kappa shape index (κ3) is 3.17. The normalized spacial score (nSPS) is 23.2. The number of aliphatic carboxylic acids is 1. The van der Waals surface area contributed by atoms with Crippen LogP contribution in [0.3, 0.4) is 0 Å². The van der Waals surface area contributed by atoms with Crippen molar-refractivity contribution in [1.82, 2.24) is 8.61 Å². The minimum absolute atomic E-state index is 0.0781. The Morgan fingerprint density at radius 1 is 1.47 bits per heavy atom. The van der Waals surface area contributed by atoms with Crippen LogP contribution in [0.15, 0.2) is 0 Å². The highest BCUT2D eigenvalue weighted by Crippen LogP contribution is 2.21. The SMILES string of the molecule is CC(C)N(C)S(=O)(=O)N1CCC[C@@H](C(=O)O)C1. The third-order valence-corrected chi connectivity index (χ3v) is 5.28. The largest absolute Gasteiger partial charge is 0.481 e. The van der Waals surface area contributed by atoms with Crippen molar-refractivity contribution in [2.45, 2.75) is 32.7 Å². The Balaban J connectivity index is 2.82. The fourth-order valence-electron chi connectivity index (χ4n) is 1.80. The lowest BCUT2D eigenvalue weighted by Gasteiger charge is -2.34. The molecule has 1 heterocycles. The number of hydrogen-bond acceptors (Lipinski definition) is 3. The molecule has 0 aliphatic carbocycles. The molecule has 6 nitrogen and oxygen atoms in total. The Hall–Kier alpha value is -0.660. The monoisotopic (exact) mass is 264 g/mol. The summed E-state index contributed by atoms with van der Waals surface area (Å²) in [5.74, 6) is -1.50. The predicted octanol–water partition coefficient (Wildman–Crippen LogP) is 0.368. The first-order valence-electron chi connectivity index (χ1n) is 5.72. The quantitative estimate of drug-likeness (QED) is 0.795. The molecule has 0 unspecified atom stereocenters. The van der Waals surface area contributed by atoms with Gasteiger partial charge in [0.25, 0.3) is 10.2 Å². The van der Waals surface area contributed by atoms with Crippen molar-refractivity contribution in [3.8, 4) is 0 Å². The molecule has 0 bridgehead atoms. The van der Waals surface area contributed by atoms with Gasteiger partial charge in [0.1, 0.15) is 0 Å². The minimum Gasteiger partial charge on any atom is -0.481 e. The van der Waals surface area contributed by atoms with E-state index in [9.17, 15) is 13.2 Å². The van der Waals surface area contributed by atoms with Crippen LogP contribution in [-0.2, 0) is 15.0 Å². The highest BCUT2D eigenvalue weighted by molar-refractivity contribution is 7.86. The number of carboxylic acids is 1. The summed E-state index contributed by atoms with van der Waals surface area (Å²) in [6.07, 6.45) is 1.15. The molecule has 0 aromatic heterocycles. The molecule has 17 heavy (non-hydrogen) atoms. The average Bonchev–Trinajstić information content (AvgIpc) is 2.28. The van der Waals surface area contributed by atoms with E-state index in [0.29, 0.717) is 19.4 Å². The highest BCUT2D eigenvalue weighted by atomic mass is 32.2. The first-order valence-corrected chi connectivity index (χ1v) is 7.12. The Labute approximate surface area is 102 Å². The zero-order chi connectivity index (χ0) is 13.2. The van der Waals surface area contributed by atoms with E-state index in [2.05, 4.69) is 0 Å². The van der Waals surface area contributed by atoms with Gasteiger partial charge in [-0.15, -0.1) is 0 Å². The standard InChI is InChI=1S/C10H20N2O4S/c1-8(2)11(3)17(15,16)12-6-4-5-9(7-12)10(13)14/h8-9H,4-7H2,1-3H3,(H,13,14)/t9-/m1/s1. The molecule has 0 saturated carbocycles. The number of nitrogens with zero attached hydrogens (tertiary/aromatic N) is 2. The lowest BCUT2D eigenvalue weighted by Crippen LogP contribution is -2.49. The molecule has 1 fully saturated rings. The van der Waals surface area contributed by atoms with Gasteiger partial charge in [0.05, 0.1) is 5.92 Å². The third-order valence-electron chi connectivity index (χ3n) is 3.15. The van der Waals surface area contributed by atoms with E-state index >= 15 is 0 Å². The summed E-state index contributed by atoms with van der Waals surface area (Å²) in [5.41, 5.74) is 0. The highest BCUT2D eigenvalue weighted by Gasteiger charge is 2.35. The van der Waals surface area contributed by atoms with Gasteiger partial charge in [0.2, 0.25) is 0 Å². The van der Waals surface area contributed by atoms with Gasteiger partial charge in [-0.3, -0.25) is 4.79 Å². The molecule has 0 spiro atoms.